The second-order valence-electron chi connectivity index (χ2n) is 2.55. The first-order valence-corrected chi connectivity index (χ1v) is 3.90. The standard InChI is InChI=1S/C8H17N2O/c1-4-5-6-10(3)8(11)7-9-2/h9H,1,4-7H2,2-3H3. The lowest BCUT2D eigenvalue weighted by molar-refractivity contribution is -0.128. The molecule has 0 aliphatic rings. The molecule has 1 N–H and O–H groups in total. The lowest BCUT2D eigenvalue weighted by Gasteiger charge is -2.15. The summed E-state index contributed by atoms with van der Waals surface area (Å²) in [5.74, 6) is 0.140. The van der Waals surface area contributed by atoms with Crippen LogP contribution in [-0.2, 0) is 4.79 Å². The van der Waals surface area contributed by atoms with Crippen molar-refractivity contribution in [1.82, 2.24) is 10.2 Å². The highest BCUT2D eigenvalue weighted by atomic mass is 16.2. The van der Waals surface area contributed by atoms with Crippen molar-refractivity contribution in [2.45, 2.75) is 12.8 Å². The number of nitrogens with zero attached hydrogens (tertiary/aromatic N) is 1. The van der Waals surface area contributed by atoms with E-state index in [1.807, 2.05) is 7.05 Å². The van der Waals surface area contributed by atoms with Crippen LogP contribution in [0.2, 0.25) is 0 Å². The van der Waals surface area contributed by atoms with Crippen molar-refractivity contribution in [3.63, 3.8) is 0 Å². The van der Waals surface area contributed by atoms with E-state index in [1.54, 1.807) is 11.9 Å². The molecule has 65 valence electrons. The molecule has 0 fully saturated rings. The summed E-state index contributed by atoms with van der Waals surface area (Å²) in [6, 6.07) is 0. The van der Waals surface area contributed by atoms with Crippen LogP contribution in [0, 0.1) is 6.92 Å². The van der Waals surface area contributed by atoms with Gasteiger partial charge in [0.2, 0.25) is 5.91 Å². The number of amides is 1. The highest BCUT2D eigenvalue weighted by molar-refractivity contribution is 5.77. The van der Waals surface area contributed by atoms with Gasteiger partial charge in [-0.1, -0.05) is 13.3 Å². The molecule has 0 aliphatic carbocycles. The molecule has 0 heterocycles. The second kappa shape index (κ2) is 6.16. The van der Waals surface area contributed by atoms with Crippen LogP contribution in [0.5, 0.6) is 0 Å². The summed E-state index contributed by atoms with van der Waals surface area (Å²) in [7, 11) is 3.59. The number of hydrogen-bond donors (Lipinski definition) is 1. The molecule has 0 unspecified atom stereocenters. The van der Waals surface area contributed by atoms with Gasteiger partial charge in [-0.05, 0) is 13.5 Å². The molecular formula is C8H17N2O. The zero-order valence-corrected chi connectivity index (χ0v) is 7.39. The van der Waals surface area contributed by atoms with Crippen molar-refractivity contribution in [3.8, 4) is 0 Å². The SMILES string of the molecule is [CH2]CCCN(C)C(=O)CNC. The van der Waals surface area contributed by atoms with Crippen molar-refractivity contribution in [1.29, 1.82) is 0 Å². The van der Waals surface area contributed by atoms with Crippen LogP contribution in [0.3, 0.4) is 0 Å². The molecule has 0 saturated heterocycles. The van der Waals surface area contributed by atoms with Crippen LogP contribution >= 0.6 is 0 Å². The lowest BCUT2D eigenvalue weighted by atomic mass is 10.3. The number of hydrogen-bond acceptors (Lipinski definition) is 2. The van der Waals surface area contributed by atoms with Gasteiger partial charge < -0.3 is 10.2 Å². The third-order valence-corrected chi connectivity index (χ3v) is 1.50. The molecule has 11 heavy (non-hydrogen) atoms. The zero-order chi connectivity index (χ0) is 8.69. The minimum absolute atomic E-state index is 0.140. The Morgan fingerprint density at radius 1 is 1.64 bits per heavy atom. The van der Waals surface area contributed by atoms with E-state index in [0.29, 0.717) is 6.54 Å². The van der Waals surface area contributed by atoms with Crippen molar-refractivity contribution in [2.75, 3.05) is 27.2 Å². The molecule has 0 bridgehead atoms. The predicted octanol–water partition coefficient (Wildman–Crippen LogP) is 0.278. The molecule has 1 radical (unpaired) electrons. The van der Waals surface area contributed by atoms with E-state index in [0.717, 1.165) is 19.4 Å². The largest absolute Gasteiger partial charge is 0.345 e. The molecule has 3 nitrogen and oxygen atoms in total. The van der Waals surface area contributed by atoms with Crippen molar-refractivity contribution in [3.05, 3.63) is 6.92 Å². The Hall–Kier alpha value is -0.570. The third kappa shape index (κ3) is 4.79. The predicted molar refractivity (Wildman–Crippen MR) is 46.2 cm³/mol. The molecule has 3 heteroatoms. The Morgan fingerprint density at radius 3 is 2.73 bits per heavy atom. The minimum atomic E-state index is 0.140. The fourth-order valence-electron chi connectivity index (χ4n) is 0.760. The molecule has 0 atom stereocenters. The van der Waals surface area contributed by atoms with Gasteiger partial charge in [-0.3, -0.25) is 4.79 Å². The van der Waals surface area contributed by atoms with Crippen molar-refractivity contribution in [2.24, 2.45) is 0 Å². The van der Waals surface area contributed by atoms with E-state index in [2.05, 4.69) is 12.2 Å². The molecule has 1 amide bonds. The summed E-state index contributed by atoms with van der Waals surface area (Å²) in [4.78, 5) is 12.8. The Kier molecular flexibility index (Phi) is 5.84. The Labute approximate surface area is 68.8 Å². The monoisotopic (exact) mass is 157 g/mol. The fourth-order valence-corrected chi connectivity index (χ4v) is 0.760. The van der Waals surface area contributed by atoms with Crippen molar-refractivity contribution >= 4 is 5.91 Å². The average molecular weight is 157 g/mol. The van der Waals surface area contributed by atoms with Gasteiger partial charge in [0.15, 0.2) is 0 Å². The molecule has 0 aromatic heterocycles. The van der Waals surface area contributed by atoms with Crippen molar-refractivity contribution < 1.29 is 4.79 Å². The maximum atomic E-state index is 11.1. The first-order chi connectivity index (χ1) is 5.22. The summed E-state index contributed by atoms with van der Waals surface area (Å²) in [5, 5.41) is 2.82. The minimum Gasteiger partial charge on any atom is -0.345 e. The maximum Gasteiger partial charge on any atom is 0.236 e. The third-order valence-electron chi connectivity index (χ3n) is 1.50. The van der Waals surface area contributed by atoms with E-state index >= 15 is 0 Å². The first kappa shape index (κ1) is 10.4. The van der Waals surface area contributed by atoms with E-state index in [-0.39, 0.29) is 5.91 Å². The molecule has 0 saturated carbocycles. The number of carbonyl (C=O) groups is 1. The second-order valence-corrected chi connectivity index (χ2v) is 2.55. The number of unbranched alkanes of at least 4 members (excludes halogenated alkanes) is 1. The summed E-state index contributed by atoms with van der Waals surface area (Å²) < 4.78 is 0. The van der Waals surface area contributed by atoms with Gasteiger partial charge in [0.1, 0.15) is 0 Å². The Morgan fingerprint density at radius 2 is 2.27 bits per heavy atom. The van der Waals surface area contributed by atoms with E-state index in [9.17, 15) is 4.79 Å². The number of nitrogens with one attached hydrogen (secondary N) is 1. The van der Waals surface area contributed by atoms with Gasteiger partial charge in [0.25, 0.3) is 0 Å². The van der Waals surface area contributed by atoms with Crippen LogP contribution in [0.25, 0.3) is 0 Å². The smallest absolute Gasteiger partial charge is 0.236 e. The van der Waals surface area contributed by atoms with Crippen LogP contribution < -0.4 is 5.32 Å². The van der Waals surface area contributed by atoms with Gasteiger partial charge in [-0.2, -0.15) is 0 Å². The van der Waals surface area contributed by atoms with Gasteiger partial charge in [-0.25, -0.2) is 0 Å². The molecule has 0 aromatic carbocycles. The van der Waals surface area contributed by atoms with Crippen LogP contribution in [-0.4, -0.2) is 38.0 Å². The van der Waals surface area contributed by atoms with Gasteiger partial charge >= 0.3 is 0 Å². The summed E-state index contributed by atoms with van der Waals surface area (Å²) in [5.41, 5.74) is 0. The highest BCUT2D eigenvalue weighted by Crippen LogP contribution is 1.90. The molecule has 0 spiro atoms. The summed E-state index contributed by atoms with van der Waals surface area (Å²) in [6.07, 6.45) is 1.86. The summed E-state index contributed by atoms with van der Waals surface area (Å²) >= 11 is 0. The van der Waals surface area contributed by atoms with Crippen LogP contribution in [0.15, 0.2) is 0 Å². The summed E-state index contributed by atoms with van der Waals surface area (Å²) in [6.45, 7) is 4.94. The highest BCUT2D eigenvalue weighted by Gasteiger charge is 2.04. The van der Waals surface area contributed by atoms with Crippen LogP contribution in [0.4, 0.5) is 0 Å². The number of likely N-dealkylation sites (N-methyl/N-ethyl adjacent to an activating group) is 2. The number of carbonyl (C=O) groups excluding carboxylic acids is 1. The fraction of sp³-hybridized carbons (Fsp3) is 0.750. The average Bonchev–Trinajstić information content (AvgIpc) is 2.00. The molecular weight excluding hydrogens is 140 g/mol. The topological polar surface area (TPSA) is 32.3 Å². The maximum absolute atomic E-state index is 11.1. The van der Waals surface area contributed by atoms with Gasteiger partial charge in [0, 0.05) is 13.6 Å². The first-order valence-electron chi connectivity index (χ1n) is 3.90. The molecule has 0 rings (SSSR count). The van der Waals surface area contributed by atoms with E-state index < -0.39 is 0 Å². The normalized spacial score (nSPS) is 9.73. The van der Waals surface area contributed by atoms with Crippen LogP contribution in [0.1, 0.15) is 12.8 Å². The van der Waals surface area contributed by atoms with E-state index in [1.165, 1.54) is 0 Å². The Balaban J connectivity index is 3.46. The Bertz CT molecular complexity index is 115. The molecule has 0 aromatic rings. The zero-order valence-electron chi connectivity index (χ0n) is 7.39. The lowest BCUT2D eigenvalue weighted by Crippen LogP contribution is -2.34. The molecule has 0 aliphatic heterocycles. The quantitative estimate of drug-likeness (QED) is 0.621. The number of rotatable bonds is 5. The van der Waals surface area contributed by atoms with Gasteiger partial charge in [0.05, 0.1) is 6.54 Å². The van der Waals surface area contributed by atoms with E-state index in [4.69, 9.17) is 0 Å². The van der Waals surface area contributed by atoms with Gasteiger partial charge in [-0.15, -0.1) is 0 Å².